The number of carbonyl (C=O) groups is 1. The molecular formula is C18H18O2. The fourth-order valence-electron chi connectivity index (χ4n) is 2.97. The number of hydrogen-bond donors (Lipinski definition) is 0. The van der Waals surface area contributed by atoms with Gasteiger partial charge in [-0.3, -0.25) is 4.79 Å². The predicted octanol–water partition coefficient (Wildman–Crippen LogP) is 3.71. The lowest BCUT2D eigenvalue weighted by molar-refractivity contribution is -0.151. The third kappa shape index (κ3) is 2.34. The van der Waals surface area contributed by atoms with E-state index in [2.05, 4.69) is 12.1 Å². The molecule has 0 saturated carbocycles. The second-order valence-electron chi connectivity index (χ2n) is 5.55. The molecule has 3 rings (SSSR count). The average Bonchev–Trinajstić information content (AvgIpc) is 2.77. The highest BCUT2D eigenvalue weighted by Crippen LogP contribution is 2.42. The quantitative estimate of drug-likeness (QED) is 0.792. The molecule has 102 valence electrons. The van der Waals surface area contributed by atoms with Gasteiger partial charge in [0.2, 0.25) is 0 Å². The smallest absolute Gasteiger partial charge is 0.309 e. The van der Waals surface area contributed by atoms with Crippen molar-refractivity contribution in [3.05, 3.63) is 71.8 Å². The van der Waals surface area contributed by atoms with Crippen LogP contribution in [0.5, 0.6) is 0 Å². The van der Waals surface area contributed by atoms with E-state index in [9.17, 15) is 4.79 Å². The Morgan fingerprint density at radius 3 is 2.20 bits per heavy atom. The van der Waals surface area contributed by atoms with Crippen LogP contribution in [0.2, 0.25) is 0 Å². The van der Waals surface area contributed by atoms with Gasteiger partial charge in [-0.25, -0.2) is 0 Å². The monoisotopic (exact) mass is 266 g/mol. The Kier molecular flexibility index (Phi) is 3.31. The van der Waals surface area contributed by atoms with Gasteiger partial charge in [-0.15, -0.1) is 0 Å². The summed E-state index contributed by atoms with van der Waals surface area (Å²) in [7, 11) is 0. The zero-order valence-corrected chi connectivity index (χ0v) is 11.6. The molecule has 0 amide bonds. The maximum atomic E-state index is 11.9. The van der Waals surface area contributed by atoms with Crippen molar-refractivity contribution < 1.29 is 9.53 Å². The lowest BCUT2D eigenvalue weighted by atomic mass is 9.83. The fraction of sp³-hybridized carbons (Fsp3) is 0.278. The molecule has 1 aliphatic rings. The zero-order valence-electron chi connectivity index (χ0n) is 11.6. The molecule has 0 unspecified atom stereocenters. The maximum absolute atomic E-state index is 11.9. The van der Waals surface area contributed by atoms with E-state index < -0.39 is 5.60 Å². The van der Waals surface area contributed by atoms with Gasteiger partial charge in [-0.2, -0.15) is 0 Å². The minimum Gasteiger partial charge on any atom is -0.454 e. The van der Waals surface area contributed by atoms with Crippen LogP contribution < -0.4 is 0 Å². The molecule has 0 aromatic heterocycles. The third-order valence-electron chi connectivity index (χ3n) is 3.97. The number of esters is 1. The van der Waals surface area contributed by atoms with E-state index in [-0.39, 0.29) is 11.9 Å². The summed E-state index contributed by atoms with van der Waals surface area (Å²) in [4.78, 5) is 11.9. The molecule has 1 heterocycles. The molecule has 1 fully saturated rings. The van der Waals surface area contributed by atoms with Crippen molar-refractivity contribution in [3.8, 4) is 0 Å². The standard InChI is InChI=1S/C18H18O2/c1-14-12-18(20-17(14)19,16-10-6-3-7-11-16)13-15-8-4-2-5-9-15/h2-11,14H,12-13H2,1H3/t14-,18-/m1/s1. The Morgan fingerprint density at radius 1 is 1.05 bits per heavy atom. The van der Waals surface area contributed by atoms with Crippen molar-refractivity contribution in [2.45, 2.75) is 25.4 Å². The van der Waals surface area contributed by atoms with Crippen molar-refractivity contribution in [3.63, 3.8) is 0 Å². The first-order chi connectivity index (χ1) is 9.70. The van der Waals surface area contributed by atoms with E-state index in [1.807, 2.05) is 55.5 Å². The number of hydrogen-bond acceptors (Lipinski definition) is 2. The summed E-state index contributed by atoms with van der Waals surface area (Å²) >= 11 is 0. The van der Waals surface area contributed by atoms with Gasteiger partial charge in [0.1, 0.15) is 5.60 Å². The van der Waals surface area contributed by atoms with Crippen molar-refractivity contribution in [2.75, 3.05) is 0 Å². The SMILES string of the molecule is C[C@@H]1C[C@@](Cc2ccccc2)(c2ccccc2)OC1=O. The number of carbonyl (C=O) groups excluding carboxylic acids is 1. The largest absolute Gasteiger partial charge is 0.454 e. The number of rotatable bonds is 3. The number of cyclic esters (lactones) is 1. The van der Waals surface area contributed by atoms with Gasteiger partial charge in [0.25, 0.3) is 0 Å². The van der Waals surface area contributed by atoms with Gasteiger partial charge in [-0.05, 0) is 11.1 Å². The van der Waals surface area contributed by atoms with Crippen molar-refractivity contribution in [1.82, 2.24) is 0 Å². The molecule has 0 aliphatic carbocycles. The van der Waals surface area contributed by atoms with Crippen molar-refractivity contribution >= 4 is 5.97 Å². The Labute approximate surface area is 119 Å². The van der Waals surface area contributed by atoms with Gasteiger partial charge in [0.05, 0.1) is 5.92 Å². The first-order valence-corrected chi connectivity index (χ1v) is 7.02. The van der Waals surface area contributed by atoms with E-state index in [0.29, 0.717) is 0 Å². The summed E-state index contributed by atoms with van der Waals surface area (Å²) in [5, 5.41) is 0. The van der Waals surface area contributed by atoms with Crippen LogP contribution in [0, 0.1) is 5.92 Å². The molecule has 1 saturated heterocycles. The molecular weight excluding hydrogens is 248 g/mol. The first-order valence-electron chi connectivity index (χ1n) is 7.02. The lowest BCUT2D eigenvalue weighted by Crippen LogP contribution is -2.28. The van der Waals surface area contributed by atoms with Crippen LogP contribution in [-0.4, -0.2) is 5.97 Å². The predicted molar refractivity (Wildman–Crippen MR) is 78.1 cm³/mol. The molecule has 0 radical (unpaired) electrons. The summed E-state index contributed by atoms with van der Waals surface area (Å²) in [6, 6.07) is 20.3. The van der Waals surface area contributed by atoms with Crippen LogP contribution in [0.25, 0.3) is 0 Å². The molecule has 0 spiro atoms. The molecule has 0 N–H and O–H groups in total. The highest BCUT2D eigenvalue weighted by molar-refractivity contribution is 5.75. The van der Waals surface area contributed by atoms with Crippen LogP contribution in [0.1, 0.15) is 24.5 Å². The van der Waals surface area contributed by atoms with Crippen molar-refractivity contribution in [2.24, 2.45) is 5.92 Å². The van der Waals surface area contributed by atoms with Gasteiger partial charge in [-0.1, -0.05) is 67.6 Å². The molecule has 2 heteroatoms. The molecule has 2 aromatic rings. The first kappa shape index (κ1) is 12.9. The van der Waals surface area contributed by atoms with Crippen LogP contribution in [0.4, 0.5) is 0 Å². The van der Waals surface area contributed by atoms with E-state index >= 15 is 0 Å². The summed E-state index contributed by atoms with van der Waals surface area (Å²) in [5.41, 5.74) is 1.76. The van der Waals surface area contributed by atoms with Gasteiger partial charge < -0.3 is 4.74 Å². The number of ether oxygens (including phenoxy) is 1. The lowest BCUT2D eigenvalue weighted by Gasteiger charge is -2.28. The molecule has 0 bridgehead atoms. The van der Waals surface area contributed by atoms with Gasteiger partial charge in [0.15, 0.2) is 0 Å². The summed E-state index contributed by atoms with van der Waals surface area (Å²) in [6.45, 7) is 1.94. The second-order valence-corrected chi connectivity index (χ2v) is 5.55. The Bertz CT molecular complexity index is 591. The minimum absolute atomic E-state index is 0.0427. The van der Waals surface area contributed by atoms with Gasteiger partial charge in [0, 0.05) is 12.8 Å². The highest BCUT2D eigenvalue weighted by atomic mass is 16.6. The summed E-state index contributed by atoms with van der Waals surface area (Å²) in [6.07, 6.45) is 1.47. The minimum atomic E-state index is -0.515. The average molecular weight is 266 g/mol. The Balaban J connectivity index is 1.99. The molecule has 1 aliphatic heterocycles. The van der Waals surface area contributed by atoms with Crippen LogP contribution in [0.15, 0.2) is 60.7 Å². The molecule has 2 nitrogen and oxygen atoms in total. The van der Waals surface area contributed by atoms with E-state index in [0.717, 1.165) is 18.4 Å². The van der Waals surface area contributed by atoms with E-state index in [1.165, 1.54) is 5.56 Å². The van der Waals surface area contributed by atoms with E-state index in [4.69, 9.17) is 4.74 Å². The van der Waals surface area contributed by atoms with Crippen molar-refractivity contribution in [1.29, 1.82) is 0 Å². The third-order valence-corrected chi connectivity index (χ3v) is 3.97. The Hall–Kier alpha value is -2.09. The van der Waals surface area contributed by atoms with Gasteiger partial charge >= 0.3 is 5.97 Å². The van der Waals surface area contributed by atoms with Crippen LogP contribution in [0.3, 0.4) is 0 Å². The summed E-state index contributed by atoms with van der Waals surface area (Å²) in [5.74, 6) is -0.135. The molecule has 2 aromatic carbocycles. The zero-order chi connectivity index (χ0) is 14.0. The normalized spacial score (nSPS) is 25.4. The Morgan fingerprint density at radius 2 is 1.65 bits per heavy atom. The van der Waals surface area contributed by atoms with Crippen LogP contribution >= 0.6 is 0 Å². The second kappa shape index (κ2) is 5.12. The topological polar surface area (TPSA) is 26.3 Å². The molecule has 2 atom stereocenters. The number of benzene rings is 2. The summed E-state index contributed by atoms with van der Waals surface area (Å²) < 4.78 is 5.81. The highest BCUT2D eigenvalue weighted by Gasteiger charge is 2.46. The van der Waals surface area contributed by atoms with E-state index in [1.54, 1.807) is 0 Å². The maximum Gasteiger partial charge on any atom is 0.309 e. The fourth-order valence-corrected chi connectivity index (χ4v) is 2.97. The molecule has 20 heavy (non-hydrogen) atoms. The van der Waals surface area contributed by atoms with Crippen LogP contribution in [-0.2, 0) is 21.6 Å².